The molecule has 6 nitrogen and oxygen atoms in total. The lowest BCUT2D eigenvalue weighted by Gasteiger charge is -2.14. The summed E-state index contributed by atoms with van der Waals surface area (Å²) in [5.41, 5.74) is 3.23. The minimum Gasteiger partial charge on any atom is -0.481 e. The summed E-state index contributed by atoms with van der Waals surface area (Å²) in [7, 11) is 0. The molecule has 0 spiro atoms. The average molecular weight is 410 g/mol. The maximum Gasteiger partial charge on any atom is 0.261 e. The van der Waals surface area contributed by atoms with E-state index in [1.54, 1.807) is 36.5 Å². The quantitative estimate of drug-likeness (QED) is 0.658. The third-order valence-corrected chi connectivity index (χ3v) is 5.91. The Balaban J connectivity index is 1.37. The van der Waals surface area contributed by atoms with Crippen LogP contribution in [0.2, 0.25) is 0 Å². The molecule has 1 amide bonds. The first-order valence-electron chi connectivity index (χ1n) is 9.37. The summed E-state index contributed by atoms with van der Waals surface area (Å²) in [5.74, 6) is 1.68. The number of fused-ring (bicyclic) bond motifs is 1. The van der Waals surface area contributed by atoms with E-state index in [1.165, 1.54) is 5.56 Å². The number of aromatic nitrogens is 1. The summed E-state index contributed by atoms with van der Waals surface area (Å²) in [6, 6.07) is 13.4. The zero-order valence-corrected chi connectivity index (χ0v) is 17.3. The van der Waals surface area contributed by atoms with Gasteiger partial charge in [-0.25, -0.2) is 4.98 Å². The number of benzene rings is 2. The van der Waals surface area contributed by atoms with Gasteiger partial charge in [0.15, 0.2) is 17.6 Å². The molecule has 2 heterocycles. The topological polar surface area (TPSA) is 69.7 Å². The summed E-state index contributed by atoms with van der Waals surface area (Å²) in [6.07, 6.45) is -0.639. The molecule has 1 aliphatic heterocycles. The van der Waals surface area contributed by atoms with E-state index in [4.69, 9.17) is 14.2 Å². The second kappa shape index (κ2) is 8.13. The normalized spacial score (nSPS) is 13.2. The Kier molecular flexibility index (Phi) is 5.40. The van der Waals surface area contributed by atoms with E-state index < -0.39 is 6.10 Å². The Hall–Kier alpha value is -3.06. The van der Waals surface area contributed by atoms with Crippen LogP contribution in [-0.2, 0) is 11.3 Å². The van der Waals surface area contributed by atoms with Crippen LogP contribution in [0.3, 0.4) is 0 Å². The van der Waals surface area contributed by atoms with Gasteiger partial charge in [0.2, 0.25) is 6.79 Å². The molecular formula is C22H22N2O4S. The van der Waals surface area contributed by atoms with Crippen LogP contribution in [-0.4, -0.2) is 23.8 Å². The van der Waals surface area contributed by atoms with E-state index in [0.717, 1.165) is 21.1 Å². The number of hydrogen-bond acceptors (Lipinski definition) is 6. The van der Waals surface area contributed by atoms with Crippen molar-refractivity contribution in [2.45, 2.75) is 33.4 Å². The van der Waals surface area contributed by atoms with Crippen molar-refractivity contribution >= 4 is 17.2 Å². The van der Waals surface area contributed by atoms with E-state index in [0.29, 0.717) is 23.8 Å². The number of rotatable bonds is 6. The molecule has 1 aromatic heterocycles. The van der Waals surface area contributed by atoms with Gasteiger partial charge in [0.1, 0.15) is 10.8 Å². The van der Waals surface area contributed by atoms with Crippen molar-refractivity contribution in [2.24, 2.45) is 0 Å². The van der Waals surface area contributed by atoms with Crippen LogP contribution in [0.15, 0.2) is 42.5 Å². The first-order chi connectivity index (χ1) is 14.0. The summed E-state index contributed by atoms with van der Waals surface area (Å²) >= 11 is 1.60. The van der Waals surface area contributed by atoms with Crippen molar-refractivity contribution in [2.75, 3.05) is 6.79 Å². The third-order valence-electron chi connectivity index (χ3n) is 4.72. The fraction of sp³-hybridized carbons (Fsp3) is 0.273. The number of amides is 1. The summed E-state index contributed by atoms with van der Waals surface area (Å²) in [6.45, 7) is 6.38. The first kappa shape index (κ1) is 19.3. The molecule has 1 atom stereocenters. The van der Waals surface area contributed by atoms with Crippen LogP contribution in [0.1, 0.15) is 23.1 Å². The molecule has 150 valence electrons. The zero-order chi connectivity index (χ0) is 20.4. The summed E-state index contributed by atoms with van der Waals surface area (Å²) in [4.78, 5) is 18.2. The summed E-state index contributed by atoms with van der Waals surface area (Å²) < 4.78 is 16.4. The Morgan fingerprint density at radius 2 is 2.00 bits per heavy atom. The lowest BCUT2D eigenvalue weighted by molar-refractivity contribution is -0.127. The monoisotopic (exact) mass is 410 g/mol. The minimum atomic E-state index is -0.639. The predicted octanol–water partition coefficient (Wildman–Crippen LogP) is 4.24. The number of ether oxygens (including phenoxy) is 3. The molecule has 4 rings (SSSR count). The fourth-order valence-electron chi connectivity index (χ4n) is 3.04. The van der Waals surface area contributed by atoms with Gasteiger partial charge in [-0.1, -0.05) is 24.3 Å². The molecule has 1 N–H and O–H groups in total. The van der Waals surface area contributed by atoms with Crippen molar-refractivity contribution in [1.82, 2.24) is 10.3 Å². The molecule has 0 fully saturated rings. The third kappa shape index (κ3) is 4.19. The number of carbonyl (C=O) groups excluding carboxylic acids is 1. The largest absolute Gasteiger partial charge is 0.481 e. The number of hydrogen-bond donors (Lipinski definition) is 1. The molecule has 29 heavy (non-hydrogen) atoms. The maximum atomic E-state index is 12.5. The van der Waals surface area contributed by atoms with Crippen molar-refractivity contribution in [3.05, 3.63) is 58.6 Å². The van der Waals surface area contributed by atoms with Crippen molar-refractivity contribution in [1.29, 1.82) is 0 Å². The molecule has 7 heteroatoms. The van der Waals surface area contributed by atoms with E-state index in [-0.39, 0.29) is 12.7 Å². The van der Waals surface area contributed by atoms with E-state index in [2.05, 4.69) is 29.4 Å². The highest BCUT2D eigenvalue weighted by Gasteiger charge is 2.19. The van der Waals surface area contributed by atoms with E-state index in [9.17, 15) is 4.79 Å². The van der Waals surface area contributed by atoms with Crippen LogP contribution in [0.25, 0.3) is 10.6 Å². The molecule has 1 aliphatic rings. The predicted molar refractivity (Wildman–Crippen MR) is 112 cm³/mol. The van der Waals surface area contributed by atoms with Gasteiger partial charge in [0, 0.05) is 16.5 Å². The molecule has 0 saturated carbocycles. The van der Waals surface area contributed by atoms with Crippen LogP contribution in [0, 0.1) is 13.8 Å². The zero-order valence-electron chi connectivity index (χ0n) is 16.5. The van der Waals surface area contributed by atoms with Gasteiger partial charge in [-0.05, 0) is 38.5 Å². The first-order valence-corrected chi connectivity index (χ1v) is 10.2. The van der Waals surface area contributed by atoms with Crippen LogP contribution >= 0.6 is 11.3 Å². The van der Waals surface area contributed by atoms with Gasteiger partial charge in [-0.2, -0.15) is 0 Å². The maximum absolute atomic E-state index is 12.5. The Bertz CT molecular complexity index is 1050. The molecule has 3 aromatic rings. The Morgan fingerprint density at radius 1 is 1.21 bits per heavy atom. The van der Waals surface area contributed by atoms with Crippen LogP contribution in [0.5, 0.6) is 17.2 Å². The van der Waals surface area contributed by atoms with Gasteiger partial charge in [0.05, 0.1) is 12.2 Å². The molecule has 0 aliphatic carbocycles. The number of carbonyl (C=O) groups is 1. The highest BCUT2D eigenvalue weighted by Crippen LogP contribution is 2.35. The van der Waals surface area contributed by atoms with E-state index in [1.807, 2.05) is 19.1 Å². The Morgan fingerprint density at radius 3 is 2.83 bits per heavy atom. The van der Waals surface area contributed by atoms with E-state index >= 15 is 0 Å². The molecule has 2 aromatic carbocycles. The molecular weight excluding hydrogens is 388 g/mol. The number of thiazole rings is 1. The van der Waals surface area contributed by atoms with Gasteiger partial charge in [-0.15, -0.1) is 11.3 Å². The molecule has 0 saturated heterocycles. The van der Waals surface area contributed by atoms with Crippen LogP contribution in [0.4, 0.5) is 0 Å². The van der Waals surface area contributed by atoms with Gasteiger partial charge < -0.3 is 19.5 Å². The van der Waals surface area contributed by atoms with Crippen molar-refractivity contribution in [3.63, 3.8) is 0 Å². The average Bonchev–Trinajstić information content (AvgIpc) is 3.32. The highest BCUT2D eigenvalue weighted by molar-refractivity contribution is 7.15. The van der Waals surface area contributed by atoms with Gasteiger partial charge in [0.25, 0.3) is 5.91 Å². The van der Waals surface area contributed by atoms with Gasteiger partial charge in [-0.3, -0.25) is 4.79 Å². The SMILES string of the molecule is Cc1ccccc1-c1nc(C)c(CNC(=O)C(C)Oc2ccc3c(c2)OCO3)s1. The second-order valence-corrected chi connectivity index (χ2v) is 7.92. The number of nitrogens with one attached hydrogen (secondary N) is 1. The molecule has 0 bridgehead atoms. The minimum absolute atomic E-state index is 0.187. The number of nitrogens with zero attached hydrogens (tertiary/aromatic N) is 1. The van der Waals surface area contributed by atoms with Crippen molar-refractivity contribution in [3.8, 4) is 27.8 Å². The smallest absolute Gasteiger partial charge is 0.261 e. The highest BCUT2D eigenvalue weighted by atomic mass is 32.1. The lowest BCUT2D eigenvalue weighted by Crippen LogP contribution is -2.35. The summed E-state index contributed by atoms with van der Waals surface area (Å²) in [5, 5.41) is 3.91. The molecule has 1 unspecified atom stereocenters. The molecule has 0 radical (unpaired) electrons. The fourth-order valence-corrected chi connectivity index (χ4v) is 4.13. The van der Waals surface area contributed by atoms with Gasteiger partial charge >= 0.3 is 0 Å². The Labute approximate surface area is 173 Å². The lowest BCUT2D eigenvalue weighted by atomic mass is 10.1. The van der Waals surface area contributed by atoms with Crippen LogP contribution < -0.4 is 19.5 Å². The standard InChI is InChI=1S/C22H22N2O4S/c1-13-6-4-5-7-17(13)22-24-14(2)20(29-22)11-23-21(25)15(3)28-16-8-9-18-19(10-16)27-12-26-18/h4-10,15H,11-12H2,1-3H3,(H,23,25). The number of aryl methyl sites for hydroxylation is 2. The second-order valence-electron chi connectivity index (χ2n) is 6.84. The van der Waals surface area contributed by atoms with Crippen molar-refractivity contribution < 1.29 is 19.0 Å².